The maximum Gasteiger partial charge on any atom is 0.262 e. The molecule has 106 valence electrons. The Balaban J connectivity index is 1.96. The summed E-state index contributed by atoms with van der Waals surface area (Å²) < 4.78 is 5.31. The summed E-state index contributed by atoms with van der Waals surface area (Å²) in [6.07, 6.45) is 0. The molecule has 0 heterocycles. The van der Waals surface area contributed by atoms with Crippen LogP contribution in [0.15, 0.2) is 42.5 Å². The molecule has 0 bridgehead atoms. The lowest BCUT2D eigenvalue weighted by Gasteiger charge is -2.09. The summed E-state index contributed by atoms with van der Waals surface area (Å²) in [6.45, 7) is -0.211. The molecule has 4 nitrogen and oxygen atoms in total. The zero-order valence-electron chi connectivity index (χ0n) is 10.8. The molecule has 0 aliphatic rings. The first-order chi connectivity index (χ1) is 10.1. The van der Waals surface area contributed by atoms with E-state index in [1.54, 1.807) is 42.5 Å². The third kappa shape index (κ3) is 4.12. The van der Waals surface area contributed by atoms with Crippen LogP contribution >= 0.6 is 23.2 Å². The molecule has 21 heavy (non-hydrogen) atoms. The average molecular weight is 321 g/mol. The van der Waals surface area contributed by atoms with Gasteiger partial charge in [0, 0.05) is 5.69 Å². The summed E-state index contributed by atoms with van der Waals surface area (Å²) in [5.74, 6) is -0.0220. The van der Waals surface area contributed by atoms with Gasteiger partial charge in [-0.05, 0) is 30.3 Å². The van der Waals surface area contributed by atoms with E-state index in [-0.39, 0.29) is 17.5 Å². The summed E-state index contributed by atoms with van der Waals surface area (Å²) in [7, 11) is 0. The monoisotopic (exact) mass is 320 g/mol. The number of nitriles is 1. The molecule has 2 rings (SSSR count). The van der Waals surface area contributed by atoms with Crippen molar-refractivity contribution in [3.63, 3.8) is 0 Å². The molecule has 0 fully saturated rings. The Bertz CT molecular complexity index is 711. The van der Waals surface area contributed by atoms with Crippen molar-refractivity contribution in [3.05, 3.63) is 58.1 Å². The second-order valence-corrected chi connectivity index (χ2v) is 4.87. The molecule has 0 saturated carbocycles. The topological polar surface area (TPSA) is 62.1 Å². The second kappa shape index (κ2) is 6.98. The average Bonchev–Trinajstić information content (AvgIpc) is 2.49. The predicted molar refractivity (Wildman–Crippen MR) is 81.7 cm³/mol. The minimum atomic E-state index is -0.360. The van der Waals surface area contributed by atoms with Crippen molar-refractivity contribution in [3.8, 4) is 11.8 Å². The largest absolute Gasteiger partial charge is 0.482 e. The van der Waals surface area contributed by atoms with Crippen LogP contribution in [-0.4, -0.2) is 12.5 Å². The van der Waals surface area contributed by atoms with Gasteiger partial charge < -0.3 is 10.1 Å². The smallest absolute Gasteiger partial charge is 0.262 e. The van der Waals surface area contributed by atoms with Gasteiger partial charge in [-0.25, -0.2) is 0 Å². The van der Waals surface area contributed by atoms with E-state index in [9.17, 15) is 4.79 Å². The number of hydrogen-bond acceptors (Lipinski definition) is 3. The number of nitrogens with zero attached hydrogens (tertiary/aromatic N) is 1. The highest BCUT2D eigenvalue weighted by Gasteiger charge is 2.08. The zero-order chi connectivity index (χ0) is 15.2. The van der Waals surface area contributed by atoms with E-state index in [1.165, 1.54) is 0 Å². The van der Waals surface area contributed by atoms with Crippen LogP contribution < -0.4 is 10.1 Å². The lowest BCUT2D eigenvalue weighted by atomic mass is 10.2. The molecule has 0 radical (unpaired) electrons. The molecule has 0 saturated heterocycles. The van der Waals surface area contributed by atoms with Crippen molar-refractivity contribution in [2.75, 3.05) is 11.9 Å². The Morgan fingerprint density at radius 3 is 2.76 bits per heavy atom. The van der Waals surface area contributed by atoms with Crippen LogP contribution in [0.4, 0.5) is 5.69 Å². The maximum absolute atomic E-state index is 11.8. The minimum absolute atomic E-state index is 0.211. The summed E-state index contributed by atoms with van der Waals surface area (Å²) in [5, 5.41) is 12.0. The van der Waals surface area contributed by atoms with Crippen molar-refractivity contribution in [2.45, 2.75) is 0 Å². The number of carbonyl (C=O) groups excluding carboxylic acids is 1. The van der Waals surface area contributed by atoms with Crippen molar-refractivity contribution < 1.29 is 9.53 Å². The van der Waals surface area contributed by atoms with Gasteiger partial charge in [0.25, 0.3) is 5.91 Å². The lowest BCUT2D eigenvalue weighted by molar-refractivity contribution is -0.118. The van der Waals surface area contributed by atoms with E-state index in [1.807, 2.05) is 6.07 Å². The third-order valence-corrected chi connectivity index (χ3v) is 3.35. The van der Waals surface area contributed by atoms with Gasteiger partial charge in [0.05, 0.1) is 16.7 Å². The normalized spacial score (nSPS) is 9.76. The first-order valence-corrected chi connectivity index (χ1v) is 6.72. The highest BCUT2D eigenvalue weighted by molar-refractivity contribution is 6.42. The maximum atomic E-state index is 11.8. The number of amides is 1. The van der Waals surface area contributed by atoms with Crippen LogP contribution in [0, 0.1) is 11.3 Å². The van der Waals surface area contributed by atoms with Gasteiger partial charge in [0.15, 0.2) is 6.61 Å². The molecule has 0 aliphatic heterocycles. The molecule has 0 aromatic heterocycles. The van der Waals surface area contributed by atoms with Gasteiger partial charge in [0.2, 0.25) is 0 Å². The van der Waals surface area contributed by atoms with Gasteiger partial charge in [-0.15, -0.1) is 0 Å². The van der Waals surface area contributed by atoms with Gasteiger partial charge in [-0.2, -0.15) is 5.26 Å². The Kier molecular flexibility index (Phi) is 5.04. The number of nitrogens with one attached hydrogen (secondary N) is 1. The Morgan fingerprint density at radius 1 is 1.24 bits per heavy atom. The Hall–Kier alpha value is -2.22. The van der Waals surface area contributed by atoms with E-state index in [0.29, 0.717) is 22.0 Å². The Labute approximate surface area is 131 Å². The van der Waals surface area contributed by atoms with Crippen molar-refractivity contribution in [1.82, 2.24) is 0 Å². The number of anilines is 1. The molecule has 6 heteroatoms. The quantitative estimate of drug-likeness (QED) is 0.929. The van der Waals surface area contributed by atoms with Crippen LogP contribution in [0.5, 0.6) is 5.75 Å². The second-order valence-electron chi connectivity index (χ2n) is 4.08. The molecule has 2 aromatic rings. The predicted octanol–water partition coefficient (Wildman–Crippen LogP) is 3.88. The van der Waals surface area contributed by atoms with Gasteiger partial charge >= 0.3 is 0 Å². The van der Waals surface area contributed by atoms with Crippen molar-refractivity contribution in [1.29, 1.82) is 5.26 Å². The lowest BCUT2D eigenvalue weighted by Crippen LogP contribution is -2.20. The van der Waals surface area contributed by atoms with Crippen molar-refractivity contribution in [2.24, 2.45) is 0 Å². The fourth-order valence-electron chi connectivity index (χ4n) is 1.60. The van der Waals surface area contributed by atoms with Crippen LogP contribution in [0.25, 0.3) is 0 Å². The number of benzene rings is 2. The molecule has 1 N–H and O–H groups in total. The number of hydrogen-bond donors (Lipinski definition) is 1. The van der Waals surface area contributed by atoms with Crippen LogP contribution in [-0.2, 0) is 4.79 Å². The van der Waals surface area contributed by atoms with Crippen LogP contribution in [0.1, 0.15) is 5.56 Å². The standard InChI is InChI=1S/C15H10Cl2N2O2/c16-12-5-2-6-13(15(12)17)21-9-14(20)19-11-4-1-3-10(7-11)8-18/h1-7H,9H2,(H,19,20). The SMILES string of the molecule is N#Cc1cccc(NC(=O)COc2cccc(Cl)c2Cl)c1. The fourth-order valence-corrected chi connectivity index (χ4v) is 1.95. The first kappa shape index (κ1) is 15.2. The zero-order valence-corrected chi connectivity index (χ0v) is 12.3. The molecule has 2 aromatic carbocycles. The van der Waals surface area contributed by atoms with E-state index >= 15 is 0 Å². The molecule has 0 aliphatic carbocycles. The summed E-state index contributed by atoms with van der Waals surface area (Å²) in [6, 6.07) is 13.5. The highest BCUT2D eigenvalue weighted by atomic mass is 35.5. The van der Waals surface area contributed by atoms with Gasteiger partial charge in [-0.1, -0.05) is 35.3 Å². The van der Waals surface area contributed by atoms with E-state index in [0.717, 1.165) is 0 Å². The van der Waals surface area contributed by atoms with Crippen LogP contribution in [0.3, 0.4) is 0 Å². The molecule has 1 amide bonds. The Morgan fingerprint density at radius 2 is 2.00 bits per heavy atom. The summed E-state index contributed by atoms with van der Waals surface area (Å²) >= 11 is 11.8. The fraction of sp³-hybridized carbons (Fsp3) is 0.0667. The van der Waals surface area contributed by atoms with Crippen LogP contribution in [0.2, 0.25) is 10.0 Å². The molecule has 0 atom stereocenters. The summed E-state index contributed by atoms with van der Waals surface area (Å²) in [4.78, 5) is 11.8. The highest BCUT2D eigenvalue weighted by Crippen LogP contribution is 2.31. The van der Waals surface area contributed by atoms with E-state index in [2.05, 4.69) is 5.32 Å². The van der Waals surface area contributed by atoms with E-state index < -0.39 is 0 Å². The minimum Gasteiger partial charge on any atom is -0.482 e. The molecular weight excluding hydrogens is 311 g/mol. The molecule has 0 unspecified atom stereocenters. The van der Waals surface area contributed by atoms with Gasteiger partial charge in [0.1, 0.15) is 10.8 Å². The van der Waals surface area contributed by atoms with E-state index in [4.69, 9.17) is 33.2 Å². The number of rotatable bonds is 4. The third-order valence-electron chi connectivity index (χ3n) is 2.55. The summed E-state index contributed by atoms with van der Waals surface area (Å²) in [5.41, 5.74) is 0.992. The number of carbonyl (C=O) groups is 1. The first-order valence-electron chi connectivity index (χ1n) is 5.97. The molecular formula is C15H10Cl2N2O2. The van der Waals surface area contributed by atoms with Gasteiger partial charge in [-0.3, -0.25) is 4.79 Å². The van der Waals surface area contributed by atoms with Crippen molar-refractivity contribution >= 4 is 34.8 Å². The number of ether oxygens (including phenoxy) is 1. The molecule has 0 spiro atoms. The number of halogens is 2.